The Morgan fingerprint density at radius 1 is 1.26 bits per heavy atom. The van der Waals surface area contributed by atoms with Crippen LogP contribution >= 0.6 is 11.3 Å². The summed E-state index contributed by atoms with van der Waals surface area (Å²) >= 11 is 1.51. The summed E-state index contributed by atoms with van der Waals surface area (Å²) in [6.45, 7) is 1.45. The Labute approximate surface area is 185 Å². The average Bonchev–Trinajstić information content (AvgIpc) is 2.91. The second kappa shape index (κ2) is 10.2. The van der Waals surface area contributed by atoms with Crippen molar-refractivity contribution in [3.05, 3.63) is 34.2 Å². The van der Waals surface area contributed by atoms with Crippen molar-refractivity contribution in [2.45, 2.75) is 45.1 Å². The van der Waals surface area contributed by atoms with E-state index < -0.39 is 11.9 Å². The van der Waals surface area contributed by atoms with Crippen molar-refractivity contribution in [3.63, 3.8) is 0 Å². The highest BCUT2D eigenvalue weighted by Gasteiger charge is 2.23. The summed E-state index contributed by atoms with van der Waals surface area (Å²) in [6.07, 6.45) is 5.20. The highest BCUT2D eigenvalue weighted by atomic mass is 32.1. The van der Waals surface area contributed by atoms with Crippen LogP contribution in [0.4, 0.5) is 10.7 Å². The second-order valence-electron chi connectivity index (χ2n) is 7.36. The number of amides is 2. The third-order valence-corrected chi connectivity index (χ3v) is 6.29. The number of nitriles is 1. The van der Waals surface area contributed by atoms with E-state index in [4.69, 9.17) is 15.2 Å². The number of hydrogen-bond acceptors (Lipinski definition) is 7. The zero-order valence-electron chi connectivity index (χ0n) is 17.6. The van der Waals surface area contributed by atoms with Gasteiger partial charge in [0.25, 0.3) is 5.91 Å². The second-order valence-corrected chi connectivity index (χ2v) is 8.46. The molecule has 1 atom stereocenters. The van der Waals surface area contributed by atoms with Crippen molar-refractivity contribution in [1.29, 1.82) is 5.26 Å². The molecule has 1 unspecified atom stereocenters. The standard InChI is InChI=1S/C22H26N4O4S/c1-13(25-14-8-9-17(29-2)18(10-14)30-12-20(24)27)21(28)26-22-16(11-23)15-6-4-3-5-7-19(15)31-22/h8-10,13,25H,3-7,12H2,1-2H3,(H2,24,27)(H,26,28). The predicted molar refractivity (Wildman–Crippen MR) is 120 cm³/mol. The molecule has 8 nitrogen and oxygen atoms in total. The molecule has 0 aliphatic heterocycles. The molecule has 0 bridgehead atoms. The van der Waals surface area contributed by atoms with Gasteiger partial charge >= 0.3 is 0 Å². The number of rotatable bonds is 8. The smallest absolute Gasteiger partial charge is 0.255 e. The molecule has 0 saturated heterocycles. The van der Waals surface area contributed by atoms with Crippen LogP contribution in [0.3, 0.4) is 0 Å². The molecule has 0 fully saturated rings. The van der Waals surface area contributed by atoms with Crippen LogP contribution in [0.15, 0.2) is 18.2 Å². The highest BCUT2D eigenvalue weighted by Crippen LogP contribution is 2.37. The number of carbonyl (C=O) groups excluding carboxylic acids is 2. The molecule has 3 rings (SSSR count). The van der Waals surface area contributed by atoms with Gasteiger partial charge in [0.1, 0.15) is 17.1 Å². The molecule has 2 aromatic rings. The number of hydrogen-bond donors (Lipinski definition) is 3. The van der Waals surface area contributed by atoms with E-state index in [0.29, 0.717) is 27.8 Å². The summed E-state index contributed by atoms with van der Waals surface area (Å²) < 4.78 is 10.6. The summed E-state index contributed by atoms with van der Waals surface area (Å²) in [5.41, 5.74) is 7.43. The number of nitrogens with zero attached hydrogens (tertiary/aromatic N) is 1. The average molecular weight is 443 g/mol. The molecule has 0 radical (unpaired) electrons. The summed E-state index contributed by atoms with van der Waals surface area (Å²) in [5, 5.41) is 16.3. The van der Waals surface area contributed by atoms with E-state index >= 15 is 0 Å². The zero-order chi connectivity index (χ0) is 22.4. The number of carbonyl (C=O) groups is 2. The van der Waals surface area contributed by atoms with Crippen LogP contribution in [0.5, 0.6) is 11.5 Å². The van der Waals surface area contributed by atoms with E-state index in [-0.39, 0.29) is 12.5 Å². The van der Waals surface area contributed by atoms with Crippen molar-refractivity contribution >= 4 is 33.8 Å². The number of methoxy groups -OCH3 is 1. The third kappa shape index (κ3) is 5.47. The normalized spacial score (nSPS) is 13.8. The minimum atomic E-state index is -0.601. The summed E-state index contributed by atoms with van der Waals surface area (Å²) in [5.74, 6) is -0.0607. The molecule has 2 amide bonds. The summed E-state index contributed by atoms with van der Waals surface area (Å²) in [7, 11) is 1.49. The number of nitrogens with two attached hydrogens (primary N) is 1. The van der Waals surface area contributed by atoms with E-state index in [1.165, 1.54) is 29.7 Å². The number of anilines is 2. The van der Waals surface area contributed by atoms with Crippen LogP contribution in [-0.2, 0) is 22.4 Å². The van der Waals surface area contributed by atoms with Gasteiger partial charge in [-0.1, -0.05) is 6.42 Å². The Hall–Kier alpha value is -3.25. The van der Waals surface area contributed by atoms with Gasteiger partial charge in [0.15, 0.2) is 18.1 Å². The first-order chi connectivity index (χ1) is 14.9. The van der Waals surface area contributed by atoms with Gasteiger partial charge in [-0.25, -0.2) is 0 Å². The number of fused-ring (bicyclic) bond motifs is 1. The zero-order valence-corrected chi connectivity index (χ0v) is 18.4. The minimum Gasteiger partial charge on any atom is -0.493 e. The maximum Gasteiger partial charge on any atom is 0.255 e. The van der Waals surface area contributed by atoms with E-state index in [1.54, 1.807) is 25.1 Å². The number of ether oxygens (including phenoxy) is 2. The maximum absolute atomic E-state index is 12.8. The van der Waals surface area contributed by atoms with Gasteiger partial charge in [-0.05, 0) is 50.3 Å². The fraction of sp³-hybridized carbons (Fsp3) is 0.409. The minimum absolute atomic E-state index is 0.247. The molecule has 1 aliphatic rings. The summed E-state index contributed by atoms with van der Waals surface area (Å²) in [4.78, 5) is 25.0. The Morgan fingerprint density at radius 3 is 2.74 bits per heavy atom. The van der Waals surface area contributed by atoms with Gasteiger partial charge in [0, 0.05) is 16.6 Å². The first kappa shape index (κ1) is 22.4. The Balaban J connectivity index is 1.71. The van der Waals surface area contributed by atoms with E-state index in [1.807, 2.05) is 0 Å². The molecule has 0 spiro atoms. The fourth-order valence-electron chi connectivity index (χ4n) is 3.51. The van der Waals surface area contributed by atoms with Crippen LogP contribution in [0, 0.1) is 11.3 Å². The molecule has 1 aromatic heterocycles. The SMILES string of the molecule is COc1ccc(NC(C)C(=O)Nc2sc3c(c2C#N)CCCCC3)cc1OCC(N)=O. The van der Waals surface area contributed by atoms with Crippen molar-refractivity contribution in [1.82, 2.24) is 0 Å². The van der Waals surface area contributed by atoms with Gasteiger partial charge < -0.3 is 25.8 Å². The van der Waals surface area contributed by atoms with Gasteiger partial charge in [-0.15, -0.1) is 11.3 Å². The quantitative estimate of drug-likeness (QED) is 0.539. The fourth-order valence-corrected chi connectivity index (χ4v) is 4.76. The van der Waals surface area contributed by atoms with Crippen LogP contribution in [0.2, 0.25) is 0 Å². The van der Waals surface area contributed by atoms with Crippen LogP contribution < -0.4 is 25.8 Å². The number of nitrogens with one attached hydrogen (secondary N) is 2. The topological polar surface area (TPSA) is 126 Å². The van der Waals surface area contributed by atoms with Crippen molar-refractivity contribution in [3.8, 4) is 17.6 Å². The lowest BCUT2D eigenvalue weighted by Gasteiger charge is -2.17. The number of thiophene rings is 1. The van der Waals surface area contributed by atoms with E-state index in [9.17, 15) is 14.9 Å². The molecule has 31 heavy (non-hydrogen) atoms. The van der Waals surface area contributed by atoms with Crippen LogP contribution in [0.25, 0.3) is 0 Å². The van der Waals surface area contributed by atoms with Gasteiger partial charge in [0.05, 0.1) is 12.7 Å². The van der Waals surface area contributed by atoms with E-state index in [0.717, 1.165) is 31.2 Å². The molecule has 9 heteroatoms. The molecular formula is C22H26N4O4S. The predicted octanol–water partition coefficient (Wildman–Crippen LogP) is 3.20. The molecule has 1 aromatic carbocycles. The number of primary amides is 1. The van der Waals surface area contributed by atoms with Gasteiger partial charge in [0.2, 0.25) is 5.91 Å². The largest absolute Gasteiger partial charge is 0.493 e. The summed E-state index contributed by atoms with van der Waals surface area (Å²) in [6, 6.07) is 6.75. The van der Waals surface area contributed by atoms with Crippen molar-refractivity contribution < 1.29 is 19.1 Å². The van der Waals surface area contributed by atoms with Crippen molar-refractivity contribution in [2.75, 3.05) is 24.4 Å². The molecule has 1 heterocycles. The lowest BCUT2D eigenvalue weighted by atomic mass is 10.1. The lowest BCUT2D eigenvalue weighted by Crippen LogP contribution is -2.31. The molecule has 164 valence electrons. The van der Waals surface area contributed by atoms with Crippen LogP contribution in [-0.4, -0.2) is 31.6 Å². The molecule has 0 saturated carbocycles. The Morgan fingerprint density at radius 2 is 2.03 bits per heavy atom. The number of aryl methyl sites for hydroxylation is 1. The monoisotopic (exact) mass is 442 g/mol. The lowest BCUT2D eigenvalue weighted by molar-refractivity contribution is -0.120. The first-order valence-electron chi connectivity index (χ1n) is 10.1. The Kier molecular flexibility index (Phi) is 7.36. The van der Waals surface area contributed by atoms with Gasteiger partial charge in [-0.2, -0.15) is 5.26 Å². The van der Waals surface area contributed by atoms with Crippen molar-refractivity contribution in [2.24, 2.45) is 5.73 Å². The first-order valence-corrected chi connectivity index (χ1v) is 11.0. The van der Waals surface area contributed by atoms with Gasteiger partial charge in [-0.3, -0.25) is 9.59 Å². The molecular weight excluding hydrogens is 416 g/mol. The third-order valence-electron chi connectivity index (χ3n) is 5.08. The maximum atomic E-state index is 12.8. The Bertz CT molecular complexity index is 1010. The highest BCUT2D eigenvalue weighted by molar-refractivity contribution is 7.16. The van der Waals surface area contributed by atoms with Crippen LogP contribution in [0.1, 0.15) is 42.2 Å². The molecule has 4 N–H and O–H groups in total. The van der Waals surface area contributed by atoms with E-state index in [2.05, 4.69) is 16.7 Å². The molecule has 1 aliphatic carbocycles. The number of benzene rings is 1.